The Morgan fingerprint density at radius 1 is 1.11 bits per heavy atom. The van der Waals surface area contributed by atoms with Crippen LogP contribution >= 0.6 is 0 Å². The summed E-state index contributed by atoms with van der Waals surface area (Å²) in [5.41, 5.74) is 1.11. The summed E-state index contributed by atoms with van der Waals surface area (Å²) in [7, 11) is 0. The second-order valence-corrected chi connectivity index (χ2v) is 4.01. The minimum absolute atomic E-state index is 0.736. The van der Waals surface area contributed by atoms with Crippen molar-refractivity contribution >= 4 is 0 Å². The van der Waals surface area contributed by atoms with Crippen molar-refractivity contribution in [2.24, 2.45) is 0 Å². The third kappa shape index (κ3) is 3.72. The topological polar surface area (TPSA) is 34.4 Å². The quantitative estimate of drug-likeness (QED) is 0.761. The van der Waals surface area contributed by atoms with E-state index in [-0.39, 0.29) is 0 Å². The van der Waals surface area contributed by atoms with Gasteiger partial charge in [0.1, 0.15) is 11.5 Å². The Labute approximate surface area is 108 Å². The summed E-state index contributed by atoms with van der Waals surface area (Å²) in [6.45, 7) is 5.08. The van der Waals surface area contributed by atoms with Gasteiger partial charge in [-0.1, -0.05) is 30.3 Å². The third-order valence-corrected chi connectivity index (χ3v) is 2.65. The molecule has 0 saturated carbocycles. The van der Waals surface area contributed by atoms with E-state index in [4.69, 9.17) is 9.15 Å². The molecule has 96 valence electrons. The van der Waals surface area contributed by atoms with Gasteiger partial charge in [-0.05, 0) is 19.1 Å². The molecule has 0 aliphatic heterocycles. The van der Waals surface area contributed by atoms with E-state index >= 15 is 0 Å². The highest BCUT2D eigenvalue weighted by Crippen LogP contribution is 2.21. The smallest absolute Gasteiger partial charge is 0.134 e. The molecule has 0 aliphatic rings. The normalized spacial score (nSPS) is 10.7. The van der Waals surface area contributed by atoms with Crippen LogP contribution in [0.3, 0.4) is 0 Å². The van der Waals surface area contributed by atoms with E-state index in [0.29, 0.717) is 0 Å². The zero-order chi connectivity index (χ0) is 12.6. The molecule has 2 rings (SSSR count). The number of rotatable bonds is 7. The van der Waals surface area contributed by atoms with Crippen LogP contribution in [-0.4, -0.2) is 19.8 Å². The Balaban J connectivity index is 1.83. The third-order valence-electron chi connectivity index (χ3n) is 2.65. The first-order valence-corrected chi connectivity index (χ1v) is 6.32. The molecule has 3 nitrogen and oxygen atoms in total. The van der Waals surface area contributed by atoms with Gasteiger partial charge in [0.2, 0.25) is 0 Å². The van der Waals surface area contributed by atoms with Crippen LogP contribution < -0.4 is 5.32 Å². The van der Waals surface area contributed by atoms with E-state index in [1.165, 1.54) is 0 Å². The minimum Gasteiger partial charge on any atom is -0.460 e. The molecule has 0 spiro atoms. The molecule has 0 saturated heterocycles. The first kappa shape index (κ1) is 12.9. The van der Waals surface area contributed by atoms with Gasteiger partial charge >= 0.3 is 0 Å². The van der Waals surface area contributed by atoms with Gasteiger partial charge < -0.3 is 14.5 Å². The van der Waals surface area contributed by atoms with Crippen molar-refractivity contribution in [1.29, 1.82) is 0 Å². The predicted octanol–water partition coefficient (Wildman–Crippen LogP) is 3.07. The zero-order valence-corrected chi connectivity index (χ0v) is 10.7. The molecule has 0 aliphatic carbocycles. The Hall–Kier alpha value is -1.58. The highest BCUT2D eigenvalue weighted by atomic mass is 16.5. The van der Waals surface area contributed by atoms with Gasteiger partial charge in [0.25, 0.3) is 0 Å². The molecule has 0 fully saturated rings. The van der Waals surface area contributed by atoms with Crippen molar-refractivity contribution in [2.75, 3.05) is 19.8 Å². The standard InChI is InChI=1S/C15H19NO2/c1-2-17-11-10-16-12-14-8-9-15(18-14)13-6-4-3-5-7-13/h3-9,16H,2,10-12H2,1H3. The Bertz CT molecular complexity index is 451. The molecule has 0 amide bonds. The molecule has 0 atom stereocenters. The number of nitrogens with one attached hydrogen (secondary N) is 1. The second-order valence-electron chi connectivity index (χ2n) is 4.01. The van der Waals surface area contributed by atoms with Gasteiger partial charge in [-0.2, -0.15) is 0 Å². The van der Waals surface area contributed by atoms with Gasteiger partial charge in [-0.25, -0.2) is 0 Å². The van der Waals surface area contributed by atoms with E-state index in [9.17, 15) is 0 Å². The number of benzene rings is 1. The van der Waals surface area contributed by atoms with Crippen LogP contribution in [0.25, 0.3) is 11.3 Å². The summed E-state index contributed by atoms with van der Waals surface area (Å²) in [4.78, 5) is 0. The van der Waals surface area contributed by atoms with Crippen molar-refractivity contribution < 1.29 is 9.15 Å². The SMILES string of the molecule is CCOCCNCc1ccc(-c2ccccc2)o1. The van der Waals surface area contributed by atoms with Gasteiger partial charge in [0.05, 0.1) is 13.2 Å². The van der Waals surface area contributed by atoms with Gasteiger partial charge in [-0.3, -0.25) is 0 Å². The molecule has 1 aromatic carbocycles. The lowest BCUT2D eigenvalue weighted by Crippen LogP contribution is -2.18. The van der Waals surface area contributed by atoms with Crippen LogP contribution in [-0.2, 0) is 11.3 Å². The summed E-state index contributed by atoms with van der Waals surface area (Å²) < 4.78 is 11.0. The molecule has 3 heteroatoms. The first-order valence-electron chi connectivity index (χ1n) is 6.32. The highest BCUT2D eigenvalue weighted by molar-refractivity contribution is 5.57. The number of ether oxygens (including phenoxy) is 1. The lowest BCUT2D eigenvalue weighted by atomic mass is 10.2. The van der Waals surface area contributed by atoms with Crippen LogP contribution in [0.1, 0.15) is 12.7 Å². The molecular formula is C15H19NO2. The second kappa shape index (κ2) is 6.99. The van der Waals surface area contributed by atoms with Crippen molar-refractivity contribution in [3.8, 4) is 11.3 Å². The Morgan fingerprint density at radius 2 is 1.94 bits per heavy atom. The van der Waals surface area contributed by atoms with Gasteiger partial charge in [0, 0.05) is 18.7 Å². The minimum atomic E-state index is 0.736. The Morgan fingerprint density at radius 3 is 2.72 bits per heavy atom. The molecule has 1 aromatic heterocycles. The van der Waals surface area contributed by atoms with E-state index in [0.717, 1.165) is 43.4 Å². The summed E-state index contributed by atoms with van der Waals surface area (Å²) in [5, 5.41) is 3.28. The van der Waals surface area contributed by atoms with Gasteiger partial charge in [0.15, 0.2) is 0 Å². The van der Waals surface area contributed by atoms with E-state index in [1.54, 1.807) is 0 Å². The fourth-order valence-electron chi connectivity index (χ4n) is 1.73. The van der Waals surface area contributed by atoms with Crippen LogP contribution in [0.15, 0.2) is 46.9 Å². The largest absolute Gasteiger partial charge is 0.460 e. The summed E-state index contributed by atoms with van der Waals surface area (Å²) in [6.07, 6.45) is 0. The van der Waals surface area contributed by atoms with Crippen molar-refractivity contribution in [3.05, 3.63) is 48.2 Å². The van der Waals surface area contributed by atoms with Crippen molar-refractivity contribution in [2.45, 2.75) is 13.5 Å². The Kier molecular flexibility index (Phi) is 5.00. The number of furan rings is 1. The average Bonchev–Trinajstić information content (AvgIpc) is 2.88. The molecule has 0 bridgehead atoms. The monoisotopic (exact) mass is 245 g/mol. The molecule has 2 aromatic rings. The maximum absolute atomic E-state index is 5.77. The molecule has 18 heavy (non-hydrogen) atoms. The molecule has 0 unspecified atom stereocenters. The van der Waals surface area contributed by atoms with Crippen LogP contribution in [0.5, 0.6) is 0 Å². The molecule has 1 N–H and O–H groups in total. The lowest BCUT2D eigenvalue weighted by molar-refractivity contribution is 0.148. The van der Waals surface area contributed by atoms with E-state index < -0.39 is 0 Å². The average molecular weight is 245 g/mol. The van der Waals surface area contributed by atoms with Crippen molar-refractivity contribution in [3.63, 3.8) is 0 Å². The molecule has 0 radical (unpaired) electrons. The maximum atomic E-state index is 5.77. The number of hydrogen-bond donors (Lipinski definition) is 1. The van der Waals surface area contributed by atoms with Crippen LogP contribution in [0.4, 0.5) is 0 Å². The summed E-state index contributed by atoms with van der Waals surface area (Å²) in [6, 6.07) is 14.1. The van der Waals surface area contributed by atoms with E-state index in [2.05, 4.69) is 5.32 Å². The zero-order valence-electron chi connectivity index (χ0n) is 10.7. The maximum Gasteiger partial charge on any atom is 0.134 e. The number of hydrogen-bond acceptors (Lipinski definition) is 3. The highest BCUT2D eigenvalue weighted by Gasteiger charge is 2.03. The van der Waals surface area contributed by atoms with Crippen LogP contribution in [0, 0.1) is 0 Å². The molecule has 1 heterocycles. The predicted molar refractivity (Wildman–Crippen MR) is 72.3 cm³/mol. The summed E-state index contributed by atoms with van der Waals surface area (Å²) >= 11 is 0. The fraction of sp³-hybridized carbons (Fsp3) is 0.333. The van der Waals surface area contributed by atoms with Gasteiger partial charge in [-0.15, -0.1) is 0 Å². The molecular weight excluding hydrogens is 226 g/mol. The summed E-state index contributed by atoms with van der Waals surface area (Å²) in [5.74, 6) is 1.86. The van der Waals surface area contributed by atoms with Crippen molar-refractivity contribution in [1.82, 2.24) is 5.32 Å². The first-order chi connectivity index (χ1) is 8.90. The fourth-order valence-corrected chi connectivity index (χ4v) is 1.73. The van der Waals surface area contributed by atoms with Crippen LogP contribution in [0.2, 0.25) is 0 Å². The lowest BCUT2D eigenvalue weighted by Gasteiger charge is -2.02. The van der Waals surface area contributed by atoms with E-state index in [1.807, 2.05) is 49.4 Å².